The summed E-state index contributed by atoms with van der Waals surface area (Å²) in [7, 11) is 0. The van der Waals surface area contributed by atoms with E-state index in [4.69, 9.17) is 5.11 Å². The highest BCUT2D eigenvalue weighted by Gasteiger charge is 2.68. The first-order valence-corrected chi connectivity index (χ1v) is 4.57. The summed E-state index contributed by atoms with van der Waals surface area (Å²) < 4.78 is 42.0. The molecule has 1 rings (SSSR count). The first kappa shape index (κ1) is 13.3. The monoisotopic (exact) mass is 253 g/mol. The van der Waals surface area contributed by atoms with Crippen molar-refractivity contribution in [3.63, 3.8) is 0 Å². The zero-order valence-electron chi connectivity index (χ0n) is 8.66. The van der Waals surface area contributed by atoms with Crippen molar-refractivity contribution in [2.75, 3.05) is 19.7 Å². The van der Waals surface area contributed by atoms with Crippen LogP contribution in [0.1, 0.15) is 0 Å². The number of carbonyl (C=O) groups excluding carboxylic acids is 1. The van der Waals surface area contributed by atoms with Crippen molar-refractivity contribution < 1.29 is 32.6 Å². The number of carboxylic acid groups (broad SMARTS) is 1. The molecule has 8 heteroatoms. The lowest BCUT2D eigenvalue weighted by Crippen LogP contribution is -2.68. The van der Waals surface area contributed by atoms with Crippen LogP contribution in [0.15, 0.2) is 12.7 Å². The summed E-state index contributed by atoms with van der Waals surface area (Å²) in [6.07, 6.45) is -4.62. The second-order valence-electron chi connectivity index (χ2n) is 3.61. The molecule has 0 aromatic heterocycles. The Morgan fingerprint density at radius 2 is 2.00 bits per heavy atom. The van der Waals surface area contributed by atoms with Crippen LogP contribution in [-0.2, 0) is 9.53 Å². The van der Waals surface area contributed by atoms with Crippen molar-refractivity contribution >= 4 is 12.1 Å². The van der Waals surface area contributed by atoms with Crippen molar-refractivity contribution in [1.82, 2.24) is 4.90 Å². The van der Waals surface area contributed by atoms with Crippen LogP contribution in [0.4, 0.5) is 18.0 Å². The molecule has 1 saturated heterocycles. The van der Waals surface area contributed by atoms with E-state index in [0.717, 1.165) is 0 Å². The maximum Gasteiger partial charge on any atom is 0.410 e. The summed E-state index contributed by atoms with van der Waals surface area (Å²) >= 11 is 0. The molecule has 0 aromatic rings. The number of nitrogens with zero attached hydrogens (tertiary/aromatic N) is 1. The molecule has 0 spiro atoms. The van der Waals surface area contributed by atoms with E-state index in [2.05, 4.69) is 11.3 Å². The Kier molecular flexibility index (Phi) is 3.35. The van der Waals surface area contributed by atoms with Crippen LogP contribution in [0.5, 0.6) is 0 Å². The number of halogens is 3. The Balaban J connectivity index is 2.66. The molecule has 1 fully saturated rings. The molecular weight excluding hydrogens is 243 g/mol. The maximum absolute atomic E-state index is 12.5. The van der Waals surface area contributed by atoms with Crippen molar-refractivity contribution in [2.24, 2.45) is 5.41 Å². The molecule has 0 radical (unpaired) electrons. The Morgan fingerprint density at radius 1 is 1.47 bits per heavy atom. The minimum atomic E-state index is -4.89. The number of hydrogen-bond donors (Lipinski definition) is 1. The van der Waals surface area contributed by atoms with Crippen LogP contribution in [-0.4, -0.2) is 47.9 Å². The zero-order chi connectivity index (χ0) is 13.3. The minimum absolute atomic E-state index is 0.137. The highest BCUT2D eigenvalue weighted by Crippen LogP contribution is 2.45. The van der Waals surface area contributed by atoms with E-state index >= 15 is 0 Å². The third kappa shape index (κ3) is 2.20. The normalized spacial score (nSPS) is 18.2. The lowest BCUT2D eigenvalue weighted by atomic mass is 9.79. The fraction of sp³-hybridized carbons (Fsp3) is 0.556. The number of amides is 1. The van der Waals surface area contributed by atoms with Gasteiger partial charge in [0.15, 0.2) is 5.41 Å². The van der Waals surface area contributed by atoms with Gasteiger partial charge in [-0.2, -0.15) is 13.2 Å². The third-order valence-electron chi connectivity index (χ3n) is 2.46. The van der Waals surface area contributed by atoms with E-state index in [1.54, 1.807) is 0 Å². The molecule has 0 atom stereocenters. The molecule has 0 saturated carbocycles. The summed E-state index contributed by atoms with van der Waals surface area (Å²) in [6, 6.07) is 0. The topological polar surface area (TPSA) is 66.8 Å². The van der Waals surface area contributed by atoms with Gasteiger partial charge in [0.25, 0.3) is 0 Å². The fourth-order valence-corrected chi connectivity index (χ4v) is 1.39. The average molecular weight is 253 g/mol. The molecule has 5 nitrogen and oxygen atoms in total. The van der Waals surface area contributed by atoms with E-state index in [-0.39, 0.29) is 6.61 Å². The first-order valence-electron chi connectivity index (χ1n) is 4.57. The number of carbonyl (C=O) groups is 2. The summed E-state index contributed by atoms with van der Waals surface area (Å²) in [5.41, 5.74) is -2.87. The number of carboxylic acids is 1. The van der Waals surface area contributed by atoms with E-state index < -0.39 is 36.7 Å². The number of ether oxygens (including phenoxy) is 1. The van der Waals surface area contributed by atoms with E-state index in [1.165, 1.54) is 6.08 Å². The van der Waals surface area contributed by atoms with Gasteiger partial charge in [0.1, 0.15) is 6.61 Å². The molecule has 1 N–H and O–H groups in total. The Labute approximate surface area is 94.5 Å². The smallest absolute Gasteiger partial charge is 0.410 e. The van der Waals surface area contributed by atoms with Crippen LogP contribution >= 0.6 is 0 Å². The lowest BCUT2D eigenvalue weighted by Gasteiger charge is -2.46. The van der Waals surface area contributed by atoms with Crippen LogP contribution in [0.2, 0.25) is 0 Å². The van der Waals surface area contributed by atoms with Gasteiger partial charge >= 0.3 is 18.2 Å². The summed E-state index contributed by atoms with van der Waals surface area (Å²) in [5.74, 6) is -1.99. The van der Waals surface area contributed by atoms with Gasteiger partial charge in [0.05, 0.1) is 13.1 Å². The molecule has 1 heterocycles. The van der Waals surface area contributed by atoms with E-state index in [0.29, 0.717) is 4.90 Å². The van der Waals surface area contributed by atoms with E-state index in [9.17, 15) is 22.8 Å². The summed E-state index contributed by atoms with van der Waals surface area (Å²) in [6.45, 7) is 1.27. The molecular formula is C9H10F3NO4. The van der Waals surface area contributed by atoms with Gasteiger partial charge in [-0.25, -0.2) is 4.79 Å². The van der Waals surface area contributed by atoms with Crippen molar-refractivity contribution in [1.29, 1.82) is 0 Å². The van der Waals surface area contributed by atoms with Gasteiger partial charge < -0.3 is 14.7 Å². The largest absolute Gasteiger partial charge is 0.480 e. The summed E-state index contributed by atoms with van der Waals surface area (Å²) in [5, 5.41) is 8.58. The second kappa shape index (κ2) is 4.27. The highest BCUT2D eigenvalue weighted by atomic mass is 19.4. The van der Waals surface area contributed by atoms with E-state index in [1.807, 2.05) is 0 Å². The van der Waals surface area contributed by atoms with Crippen LogP contribution in [0, 0.1) is 5.41 Å². The van der Waals surface area contributed by atoms with Gasteiger partial charge in [-0.05, 0) is 0 Å². The standard InChI is InChI=1S/C9H10F3NO4/c1-2-3-17-7(16)13-4-8(5-13,6(14)15)9(10,11)12/h2H,1,3-5H2,(H,14,15). The first-order chi connectivity index (χ1) is 7.74. The van der Waals surface area contributed by atoms with Crippen molar-refractivity contribution in [3.8, 4) is 0 Å². The van der Waals surface area contributed by atoms with Gasteiger partial charge in [-0.15, -0.1) is 0 Å². The predicted molar refractivity (Wildman–Crippen MR) is 49.2 cm³/mol. The molecule has 0 bridgehead atoms. The fourth-order valence-electron chi connectivity index (χ4n) is 1.39. The maximum atomic E-state index is 12.5. The zero-order valence-corrected chi connectivity index (χ0v) is 8.66. The number of likely N-dealkylation sites (tertiary alicyclic amines) is 1. The molecule has 0 aromatic carbocycles. The Morgan fingerprint density at radius 3 is 2.35 bits per heavy atom. The number of hydrogen-bond acceptors (Lipinski definition) is 3. The predicted octanol–water partition coefficient (Wildman–Crippen LogP) is 1.26. The molecule has 0 unspecified atom stereocenters. The van der Waals surface area contributed by atoms with Crippen LogP contribution in [0.3, 0.4) is 0 Å². The number of alkyl halides is 3. The molecule has 1 amide bonds. The molecule has 1 aliphatic rings. The Hall–Kier alpha value is -1.73. The quantitative estimate of drug-likeness (QED) is 0.769. The summed E-state index contributed by atoms with van der Waals surface area (Å²) in [4.78, 5) is 22.4. The second-order valence-corrected chi connectivity index (χ2v) is 3.61. The third-order valence-corrected chi connectivity index (χ3v) is 2.46. The van der Waals surface area contributed by atoms with Gasteiger partial charge in [0.2, 0.25) is 0 Å². The number of rotatable bonds is 3. The van der Waals surface area contributed by atoms with Gasteiger partial charge in [0, 0.05) is 0 Å². The number of aliphatic carboxylic acids is 1. The van der Waals surface area contributed by atoms with Crippen molar-refractivity contribution in [2.45, 2.75) is 6.18 Å². The lowest BCUT2D eigenvalue weighted by molar-refractivity contribution is -0.260. The molecule has 17 heavy (non-hydrogen) atoms. The van der Waals surface area contributed by atoms with Gasteiger partial charge in [-0.3, -0.25) is 4.79 Å². The van der Waals surface area contributed by atoms with Crippen molar-refractivity contribution in [3.05, 3.63) is 12.7 Å². The average Bonchev–Trinajstić information content (AvgIpc) is 2.09. The van der Waals surface area contributed by atoms with Gasteiger partial charge in [-0.1, -0.05) is 12.7 Å². The Bertz CT molecular complexity index is 347. The highest BCUT2D eigenvalue weighted by molar-refractivity contribution is 5.81. The SMILES string of the molecule is C=CCOC(=O)N1CC(C(=O)O)(C(F)(F)F)C1. The minimum Gasteiger partial charge on any atom is -0.480 e. The molecule has 0 aliphatic carbocycles. The van der Waals surface area contributed by atoms with Crippen LogP contribution < -0.4 is 0 Å². The molecule has 1 aliphatic heterocycles. The molecule has 96 valence electrons. The van der Waals surface area contributed by atoms with Crippen LogP contribution in [0.25, 0.3) is 0 Å².